The molecule has 0 saturated carbocycles. The number of likely N-dealkylation sites (tertiary alicyclic amines) is 1. The molecule has 204 valence electrons. The lowest BCUT2D eigenvalue weighted by atomic mass is 9.83. The van der Waals surface area contributed by atoms with Crippen LogP contribution in [0.1, 0.15) is 58.8 Å². The highest BCUT2D eigenvalue weighted by Crippen LogP contribution is 2.39. The van der Waals surface area contributed by atoms with E-state index in [0.717, 1.165) is 42.9 Å². The molecule has 2 heterocycles. The zero-order valence-corrected chi connectivity index (χ0v) is 22.6. The summed E-state index contributed by atoms with van der Waals surface area (Å²) >= 11 is 0. The van der Waals surface area contributed by atoms with E-state index in [1.54, 1.807) is 24.0 Å². The summed E-state index contributed by atoms with van der Waals surface area (Å²) in [5, 5.41) is 6.62. The maximum absolute atomic E-state index is 14.9. The van der Waals surface area contributed by atoms with Crippen LogP contribution in [0.5, 0.6) is 0 Å². The Labute approximate surface area is 229 Å². The Morgan fingerprint density at radius 2 is 1.59 bits per heavy atom. The summed E-state index contributed by atoms with van der Waals surface area (Å²) < 4.78 is 20.4. The van der Waals surface area contributed by atoms with E-state index in [4.69, 9.17) is 4.74 Å². The second-order valence-corrected chi connectivity index (χ2v) is 10.6. The number of hydrogen-bond acceptors (Lipinski definition) is 4. The quantitative estimate of drug-likeness (QED) is 0.395. The Kier molecular flexibility index (Phi) is 8.27. The van der Waals surface area contributed by atoms with E-state index in [9.17, 15) is 14.0 Å². The summed E-state index contributed by atoms with van der Waals surface area (Å²) in [6.07, 6.45) is 3.20. The van der Waals surface area contributed by atoms with Gasteiger partial charge in [0.15, 0.2) is 0 Å². The van der Waals surface area contributed by atoms with Crippen molar-refractivity contribution in [3.05, 3.63) is 94.8 Å². The number of piperidine rings is 1. The van der Waals surface area contributed by atoms with Gasteiger partial charge in [0.2, 0.25) is 5.91 Å². The van der Waals surface area contributed by atoms with Crippen molar-refractivity contribution in [2.45, 2.75) is 51.6 Å². The smallest absolute Gasteiger partial charge is 0.257 e. The van der Waals surface area contributed by atoms with Crippen molar-refractivity contribution in [1.82, 2.24) is 4.90 Å². The van der Waals surface area contributed by atoms with E-state index in [-0.39, 0.29) is 17.4 Å². The summed E-state index contributed by atoms with van der Waals surface area (Å²) in [6, 6.07) is 20.2. The number of anilines is 2. The number of rotatable bonds is 6. The van der Waals surface area contributed by atoms with Gasteiger partial charge in [-0.3, -0.25) is 9.59 Å². The van der Waals surface area contributed by atoms with E-state index >= 15 is 0 Å². The predicted molar refractivity (Wildman–Crippen MR) is 151 cm³/mol. The third-order valence-electron chi connectivity index (χ3n) is 7.83. The lowest BCUT2D eigenvalue weighted by Crippen LogP contribution is -2.46. The maximum atomic E-state index is 14.9. The molecule has 0 unspecified atom stereocenters. The molecule has 39 heavy (non-hydrogen) atoms. The molecule has 5 rings (SSSR count). The summed E-state index contributed by atoms with van der Waals surface area (Å²) in [5.41, 5.74) is 4.33. The van der Waals surface area contributed by atoms with Crippen molar-refractivity contribution >= 4 is 23.2 Å². The number of aryl methyl sites for hydroxylation is 2. The molecule has 0 aliphatic carbocycles. The minimum Gasteiger partial charge on any atom is -0.382 e. The van der Waals surface area contributed by atoms with Crippen molar-refractivity contribution in [1.29, 1.82) is 0 Å². The van der Waals surface area contributed by atoms with Crippen LogP contribution in [0.3, 0.4) is 0 Å². The summed E-state index contributed by atoms with van der Waals surface area (Å²) in [6.45, 7) is 5.70. The van der Waals surface area contributed by atoms with E-state index in [2.05, 4.69) is 10.6 Å². The monoisotopic (exact) mass is 529 g/mol. The van der Waals surface area contributed by atoms with Gasteiger partial charge in [-0.2, -0.15) is 0 Å². The number of amides is 2. The molecule has 0 bridgehead atoms. The highest BCUT2D eigenvalue weighted by molar-refractivity contribution is 5.98. The van der Waals surface area contributed by atoms with Crippen molar-refractivity contribution in [2.24, 2.45) is 5.92 Å². The fourth-order valence-corrected chi connectivity index (χ4v) is 5.68. The number of ether oxygens (including phenoxy) is 1. The standard InChI is InChI=1S/C32H36FN3O3/c1-21-8-12-25(13-9-21)35-31(37)27-6-4-18-36(32(38)29-22(2)5-3-7-28(29)33)30(27)23-10-14-24(15-11-23)34-26-16-19-39-20-17-26/h3,5,7-15,26-27,30,34H,4,6,16-20H2,1-2H3,(H,35,37)/t27-,30-/m0/s1. The molecule has 2 fully saturated rings. The maximum Gasteiger partial charge on any atom is 0.257 e. The first kappa shape index (κ1) is 26.9. The zero-order valence-electron chi connectivity index (χ0n) is 22.6. The molecule has 2 saturated heterocycles. The van der Waals surface area contributed by atoms with Crippen molar-refractivity contribution in [3.8, 4) is 0 Å². The first-order valence-corrected chi connectivity index (χ1v) is 13.8. The summed E-state index contributed by atoms with van der Waals surface area (Å²) in [7, 11) is 0. The van der Waals surface area contributed by atoms with Crippen LogP contribution in [0, 0.1) is 25.6 Å². The molecule has 6 nitrogen and oxygen atoms in total. The summed E-state index contributed by atoms with van der Waals surface area (Å²) in [5.74, 6) is -1.55. The van der Waals surface area contributed by atoms with Gasteiger partial charge in [-0.25, -0.2) is 4.39 Å². The average molecular weight is 530 g/mol. The lowest BCUT2D eigenvalue weighted by Gasteiger charge is -2.41. The highest BCUT2D eigenvalue weighted by atomic mass is 19.1. The van der Waals surface area contributed by atoms with Gasteiger partial charge >= 0.3 is 0 Å². The number of carbonyl (C=O) groups is 2. The number of hydrogen-bond donors (Lipinski definition) is 2. The zero-order chi connectivity index (χ0) is 27.4. The van der Waals surface area contributed by atoms with Crippen LogP contribution in [0.15, 0.2) is 66.7 Å². The fraction of sp³-hybridized carbons (Fsp3) is 0.375. The van der Waals surface area contributed by atoms with E-state index < -0.39 is 17.8 Å². The van der Waals surface area contributed by atoms with E-state index in [1.165, 1.54) is 6.07 Å². The topological polar surface area (TPSA) is 70.7 Å². The van der Waals surface area contributed by atoms with Gasteiger partial charge in [-0.15, -0.1) is 0 Å². The molecule has 7 heteroatoms. The number of nitrogens with zero attached hydrogens (tertiary/aromatic N) is 1. The molecule has 3 aromatic rings. The molecule has 2 aliphatic heterocycles. The van der Waals surface area contributed by atoms with E-state index in [0.29, 0.717) is 36.7 Å². The molecule has 0 spiro atoms. The second-order valence-electron chi connectivity index (χ2n) is 10.6. The lowest BCUT2D eigenvalue weighted by molar-refractivity contribution is -0.123. The van der Waals surface area contributed by atoms with Gasteiger partial charge < -0.3 is 20.3 Å². The Morgan fingerprint density at radius 1 is 0.897 bits per heavy atom. The van der Waals surface area contributed by atoms with Crippen LogP contribution in [-0.2, 0) is 9.53 Å². The van der Waals surface area contributed by atoms with Crippen LogP contribution in [0.4, 0.5) is 15.8 Å². The molecule has 2 amide bonds. The fourth-order valence-electron chi connectivity index (χ4n) is 5.68. The van der Waals surface area contributed by atoms with Crippen LogP contribution in [0.2, 0.25) is 0 Å². The van der Waals surface area contributed by atoms with Crippen molar-refractivity contribution < 1.29 is 18.7 Å². The first-order valence-electron chi connectivity index (χ1n) is 13.8. The third kappa shape index (κ3) is 6.14. The minimum absolute atomic E-state index is 0.0693. The SMILES string of the molecule is Cc1ccc(NC(=O)[C@H]2CCCN(C(=O)c3c(C)cccc3F)[C@H]2c2ccc(NC3CCOCC3)cc2)cc1. The Morgan fingerprint density at radius 3 is 2.28 bits per heavy atom. The van der Waals surface area contributed by atoms with Gasteiger partial charge in [0.25, 0.3) is 5.91 Å². The Hall–Kier alpha value is -3.71. The third-order valence-corrected chi connectivity index (χ3v) is 7.83. The van der Waals surface area contributed by atoms with Crippen LogP contribution < -0.4 is 10.6 Å². The first-order chi connectivity index (χ1) is 18.9. The second kappa shape index (κ2) is 12.0. The van der Waals surface area contributed by atoms with Crippen LogP contribution in [0.25, 0.3) is 0 Å². The molecule has 2 atom stereocenters. The Bertz CT molecular complexity index is 1280. The van der Waals surface area contributed by atoms with Gasteiger partial charge in [-0.1, -0.05) is 42.0 Å². The van der Waals surface area contributed by atoms with Gasteiger partial charge in [0, 0.05) is 37.2 Å². The largest absolute Gasteiger partial charge is 0.382 e. The van der Waals surface area contributed by atoms with Crippen LogP contribution in [-0.4, -0.2) is 42.5 Å². The van der Waals surface area contributed by atoms with Crippen molar-refractivity contribution in [2.75, 3.05) is 30.4 Å². The number of carbonyl (C=O) groups excluding carboxylic acids is 2. The number of benzene rings is 3. The van der Waals surface area contributed by atoms with Gasteiger partial charge in [0.05, 0.1) is 17.5 Å². The summed E-state index contributed by atoms with van der Waals surface area (Å²) in [4.78, 5) is 29.2. The Balaban J connectivity index is 1.45. The number of nitrogens with one attached hydrogen (secondary N) is 2. The highest BCUT2D eigenvalue weighted by Gasteiger charge is 2.40. The normalized spacial score (nSPS) is 19.9. The predicted octanol–water partition coefficient (Wildman–Crippen LogP) is 6.27. The van der Waals surface area contributed by atoms with Gasteiger partial charge in [0.1, 0.15) is 5.82 Å². The molecule has 3 aromatic carbocycles. The van der Waals surface area contributed by atoms with Crippen LogP contribution >= 0.6 is 0 Å². The average Bonchev–Trinajstić information content (AvgIpc) is 2.95. The molecular weight excluding hydrogens is 493 g/mol. The van der Waals surface area contributed by atoms with Gasteiger partial charge in [-0.05, 0) is 81.0 Å². The molecule has 0 radical (unpaired) electrons. The van der Waals surface area contributed by atoms with Crippen molar-refractivity contribution in [3.63, 3.8) is 0 Å². The van der Waals surface area contributed by atoms with E-state index in [1.807, 2.05) is 55.5 Å². The molecule has 0 aromatic heterocycles. The minimum atomic E-state index is -0.541. The molecular formula is C32H36FN3O3. The molecule has 2 N–H and O–H groups in total. The molecule has 2 aliphatic rings. The number of halogens is 1.